The number of halogens is 1. The van der Waals surface area contributed by atoms with Crippen molar-refractivity contribution in [3.8, 4) is 5.75 Å². The first-order valence-electron chi connectivity index (χ1n) is 4.69. The van der Waals surface area contributed by atoms with E-state index in [0.717, 1.165) is 5.56 Å². The molecule has 0 unspecified atom stereocenters. The number of amides is 1. The molecule has 0 atom stereocenters. The van der Waals surface area contributed by atoms with Gasteiger partial charge in [-0.15, -0.1) is 6.58 Å². The van der Waals surface area contributed by atoms with E-state index in [-0.39, 0.29) is 12.5 Å². The molecule has 1 aromatic carbocycles. The SMILES string of the molecule is C=CCc1cc(Cl)ccc1OCC(=O)NN. The van der Waals surface area contributed by atoms with Crippen molar-refractivity contribution in [3.05, 3.63) is 41.4 Å². The van der Waals surface area contributed by atoms with Crippen LogP contribution in [0.5, 0.6) is 5.75 Å². The lowest BCUT2D eigenvalue weighted by Gasteiger charge is -2.09. The molecule has 0 aliphatic heterocycles. The van der Waals surface area contributed by atoms with Gasteiger partial charge in [-0.1, -0.05) is 17.7 Å². The summed E-state index contributed by atoms with van der Waals surface area (Å²) in [5.74, 6) is 5.16. The van der Waals surface area contributed by atoms with E-state index in [1.807, 2.05) is 5.43 Å². The summed E-state index contributed by atoms with van der Waals surface area (Å²) >= 11 is 5.85. The van der Waals surface area contributed by atoms with E-state index < -0.39 is 0 Å². The number of benzene rings is 1. The highest BCUT2D eigenvalue weighted by Crippen LogP contribution is 2.23. The maximum Gasteiger partial charge on any atom is 0.271 e. The molecule has 3 N–H and O–H groups in total. The number of hydrogen-bond donors (Lipinski definition) is 2. The number of allylic oxidation sites excluding steroid dienone is 1. The molecule has 0 bridgehead atoms. The van der Waals surface area contributed by atoms with Gasteiger partial charge in [-0.2, -0.15) is 0 Å². The van der Waals surface area contributed by atoms with Gasteiger partial charge in [0.2, 0.25) is 0 Å². The van der Waals surface area contributed by atoms with E-state index in [1.165, 1.54) is 0 Å². The minimum atomic E-state index is -0.389. The highest BCUT2D eigenvalue weighted by atomic mass is 35.5. The van der Waals surface area contributed by atoms with Crippen LogP contribution in [0.15, 0.2) is 30.9 Å². The lowest BCUT2D eigenvalue weighted by molar-refractivity contribution is -0.123. The van der Waals surface area contributed by atoms with Crippen LogP contribution in [0.3, 0.4) is 0 Å². The number of nitrogens with one attached hydrogen (secondary N) is 1. The zero-order chi connectivity index (χ0) is 12.0. The van der Waals surface area contributed by atoms with Gasteiger partial charge in [0.05, 0.1) is 0 Å². The summed E-state index contributed by atoms with van der Waals surface area (Å²) in [7, 11) is 0. The Hall–Kier alpha value is -1.52. The van der Waals surface area contributed by atoms with Crippen molar-refractivity contribution in [1.82, 2.24) is 5.43 Å². The summed E-state index contributed by atoms with van der Waals surface area (Å²) in [5, 5.41) is 0.618. The molecule has 0 saturated heterocycles. The Kier molecular flexibility index (Phi) is 4.82. The Morgan fingerprint density at radius 3 is 3.00 bits per heavy atom. The van der Waals surface area contributed by atoms with Gasteiger partial charge < -0.3 is 4.74 Å². The van der Waals surface area contributed by atoms with Crippen LogP contribution in [0.1, 0.15) is 5.56 Å². The first-order valence-corrected chi connectivity index (χ1v) is 5.06. The van der Waals surface area contributed by atoms with E-state index >= 15 is 0 Å². The van der Waals surface area contributed by atoms with Gasteiger partial charge in [0.25, 0.3) is 5.91 Å². The van der Waals surface area contributed by atoms with Gasteiger partial charge in [0, 0.05) is 5.02 Å². The molecule has 0 fully saturated rings. The zero-order valence-corrected chi connectivity index (χ0v) is 9.46. The quantitative estimate of drug-likeness (QED) is 0.354. The fraction of sp³-hybridized carbons (Fsp3) is 0.182. The van der Waals surface area contributed by atoms with Crippen molar-refractivity contribution in [3.63, 3.8) is 0 Å². The number of ether oxygens (including phenoxy) is 1. The lowest BCUT2D eigenvalue weighted by atomic mass is 10.1. The molecule has 0 aliphatic rings. The van der Waals surface area contributed by atoms with Gasteiger partial charge >= 0.3 is 0 Å². The molecule has 0 aliphatic carbocycles. The van der Waals surface area contributed by atoms with Crippen LogP contribution in [0.4, 0.5) is 0 Å². The first-order chi connectivity index (χ1) is 7.67. The summed E-state index contributed by atoms with van der Waals surface area (Å²) < 4.78 is 5.30. The van der Waals surface area contributed by atoms with E-state index in [1.54, 1.807) is 24.3 Å². The van der Waals surface area contributed by atoms with Crippen molar-refractivity contribution in [2.45, 2.75) is 6.42 Å². The van der Waals surface area contributed by atoms with Gasteiger partial charge in [-0.25, -0.2) is 5.84 Å². The minimum absolute atomic E-state index is 0.123. The Balaban J connectivity index is 2.77. The Morgan fingerprint density at radius 1 is 1.62 bits per heavy atom. The molecule has 0 heterocycles. The van der Waals surface area contributed by atoms with Crippen LogP contribution in [0.2, 0.25) is 5.02 Å². The predicted octanol–water partition coefficient (Wildman–Crippen LogP) is 1.44. The smallest absolute Gasteiger partial charge is 0.271 e. The third-order valence-corrected chi connectivity index (χ3v) is 2.14. The number of carbonyl (C=O) groups is 1. The predicted molar refractivity (Wildman–Crippen MR) is 63.2 cm³/mol. The molecule has 0 aromatic heterocycles. The Morgan fingerprint density at radius 2 is 2.38 bits per heavy atom. The molecule has 1 aromatic rings. The first kappa shape index (κ1) is 12.5. The summed E-state index contributed by atoms with van der Waals surface area (Å²) in [6.07, 6.45) is 2.36. The van der Waals surface area contributed by atoms with Gasteiger partial charge in [0.15, 0.2) is 6.61 Å². The van der Waals surface area contributed by atoms with Crippen LogP contribution in [-0.4, -0.2) is 12.5 Å². The van der Waals surface area contributed by atoms with Gasteiger partial charge in [-0.05, 0) is 30.2 Å². The van der Waals surface area contributed by atoms with Crippen LogP contribution >= 0.6 is 11.6 Å². The molecular weight excluding hydrogens is 228 g/mol. The third kappa shape index (κ3) is 3.56. The number of hydrazine groups is 1. The number of carbonyl (C=O) groups excluding carboxylic acids is 1. The second kappa shape index (κ2) is 6.15. The molecule has 86 valence electrons. The second-order valence-corrected chi connectivity index (χ2v) is 3.54. The third-order valence-electron chi connectivity index (χ3n) is 1.91. The maximum absolute atomic E-state index is 10.9. The van der Waals surface area contributed by atoms with Crippen molar-refractivity contribution >= 4 is 17.5 Å². The van der Waals surface area contributed by atoms with Crippen LogP contribution < -0.4 is 16.0 Å². The second-order valence-electron chi connectivity index (χ2n) is 3.10. The monoisotopic (exact) mass is 240 g/mol. The van der Waals surface area contributed by atoms with E-state index in [2.05, 4.69) is 6.58 Å². The molecule has 0 spiro atoms. The summed E-state index contributed by atoms with van der Waals surface area (Å²) in [4.78, 5) is 10.9. The van der Waals surface area contributed by atoms with Gasteiger partial charge in [-0.3, -0.25) is 10.2 Å². The molecule has 0 radical (unpaired) electrons. The largest absolute Gasteiger partial charge is 0.483 e. The van der Waals surface area contributed by atoms with E-state index in [0.29, 0.717) is 17.2 Å². The Labute approximate surface area is 99.0 Å². The summed E-state index contributed by atoms with van der Waals surface area (Å²) in [6, 6.07) is 5.19. The van der Waals surface area contributed by atoms with Gasteiger partial charge in [0.1, 0.15) is 5.75 Å². The average molecular weight is 241 g/mol. The lowest BCUT2D eigenvalue weighted by Crippen LogP contribution is -2.34. The molecule has 16 heavy (non-hydrogen) atoms. The summed E-state index contributed by atoms with van der Waals surface area (Å²) in [6.45, 7) is 3.52. The molecule has 1 amide bonds. The topological polar surface area (TPSA) is 64.3 Å². The number of nitrogens with two attached hydrogens (primary N) is 1. The highest BCUT2D eigenvalue weighted by Gasteiger charge is 2.05. The molecule has 0 saturated carbocycles. The van der Waals surface area contributed by atoms with Crippen molar-refractivity contribution in [2.24, 2.45) is 5.84 Å². The zero-order valence-electron chi connectivity index (χ0n) is 8.70. The molecule has 4 nitrogen and oxygen atoms in total. The Bertz CT molecular complexity index is 394. The number of rotatable bonds is 5. The fourth-order valence-corrected chi connectivity index (χ4v) is 1.38. The molecular formula is C11H13ClN2O2. The van der Waals surface area contributed by atoms with Crippen molar-refractivity contribution < 1.29 is 9.53 Å². The van der Waals surface area contributed by atoms with E-state index in [4.69, 9.17) is 22.2 Å². The number of hydrogen-bond acceptors (Lipinski definition) is 3. The minimum Gasteiger partial charge on any atom is -0.483 e. The normalized spacial score (nSPS) is 9.62. The highest BCUT2D eigenvalue weighted by molar-refractivity contribution is 6.30. The fourth-order valence-electron chi connectivity index (χ4n) is 1.19. The van der Waals surface area contributed by atoms with Crippen LogP contribution in [-0.2, 0) is 11.2 Å². The van der Waals surface area contributed by atoms with Crippen LogP contribution in [0.25, 0.3) is 0 Å². The van der Waals surface area contributed by atoms with Crippen molar-refractivity contribution in [2.75, 3.05) is 6.61 Å². The maximum atomic E-state index is 10.9. The summed E-state index contributed by atoms with van der Waals surface area (Å²) in [5.41, 5.74) is 2.87. The molecule has 1 rings (SSSR count). The van der Waals surface area contributed by atoms with Crippen LogP contribution in [0, 0.1) is 0 Å². The molecule has 5 heteroatoms. The van der Waals surface area contributed by atoms with E-state index in [9.17, 15) is 4.79 Å². The average Bonchev–Trinajstić information content (AvgIpc) is 2.28. The standard InChI is InChI=1S/C11H13ClN2O2/c1-2-3-8-6-9(12)4-5-10(8)16-7-11(15)14-13/h2,4-6H,1,3,7,13H2,(H,14,15). The van der Waals surface area contributed by atoms with Crippen molar-refractivity contribution in [1.29, 1.82) is 0 Å².